The van der Waals surface area contributed by atoms with E-state index in [-0.39, 0.29) is 6.03 Å². The maximum atomic E-state index is 12.1. The summed E-state index contributed by atoms with van der Waals surface area (Å²) in [4.78, 5) is 16.5. The molecule has 2 heterocycles. The number of rotatable bonds is 3. The van der Waals surface area contributed by atoms with E-state index in [1.165, 1.54) is 11.3 Å². The molecule has 0 saturated heterocycles. The number of hydrogen-bond donors (Lipinski definition) is 2. The predicted octanol–water partition coefficient (Wildman–Crippen LogP) is 5.51. The van der Waals surface area contributed by atoms with Crippen molar-refractivity contribution in [3.63, 3.8) is 0 Å². The van der Waals surface area contributed by atoms with Gasteiger partial charge >= 0.3 is 6.03 Å². The average molecular weight is 349 g/mol. The SMILES string of the molecule is Cc1ccc(NC(=O)Nc2nc(-c3cc4ccccc4o3)cs2)cc1. The highest BCUT2D eigenvalue weighted by Gasteiger charge is 2.11. The van der Waals surface area contributed by atoms with E-state index in [0.717, 1.165) is 22.2 Å². The number of nitrogens with one attached hydrogen (secondary N) is 2. The second kappa shape index (κ2) is 6.41. The molecule has 25 heavy (non-hydrogen) atoms. The third-order valence-electron chi connectivity index (χ3n) is 3.71. The van der Waals surface area contributed by atoms with Crippen molar-refractivity contribution in [1.29, 1.82) is 0 Å². The lowest BCUT2D eigenvalue weighted by molar-refractivity contribution is 0.262. The number of urea groups is 1. The van der Waals surface area contributed by atoms with Crippen molar-refractivity contribution in [1.82, 2.24) is 4.98 Å². The van der Waals surface area contributed by atoms with Crippen molar-refractivity contribution in [2.45, 2.75) is 6.92 Å². The first kappa shape index (κ1) is 15.4. The first-order valence-electron chi connectivity index (χ1n) is 7.76. The van der Waals surface area contributed by atoms with Gasteiger partial charge in [-0.05, 0) is 31.2 Å². The second-order valence-electron chi connectivity index (χ2n) is 5.63. The lowest BCUT2D eigenvalue weighted by atomic mass is 10.2. The highest BCUT2D eigenvalue weighted by Crippen LogP contribution is 2.30. The topological polar surface area (TPSA) is 67.2 Å². The van der Waals surface area contributed by atoms with Crippen LogP contribution in [0.3, 0.4) is 0 Å². The Bertz CT molecular complexity index is 1000. The standard InChI is InChI=1S/C19H15N3O2S/c1-12-6-8-14(9-7-12)20-18(23)22-19-21-15(11-25-19)17-10-13-4-2-3-5-16(13)24-17/h2-11H,1H3,(H2,20,21,22,23). The van der Waals surface area contributed by atoms with Gasteiger partial charge < -0.3 is 9.73 Å². The largest absolute Gasteiger partial charge is 0.454 e. The summed E-state index contributed by atoms with van der Waals surface area (Å²) in [6.07, 6.45) is 0. The maximum absolute atomic E-state index is 12.1. The van der Waals surface area contributed by atoms with Gasteiger partial charge in [0.2, 0.25) is 0 Å². The molecule has 2 aromatic heterocycles. The first-order chi connectivity index (χ1) is 12.2. The third-order valence-corrected chi connectivity index (χ3v) is 4.47. The summed E-state index contributed by atoms with van der Waals surface area (Å²) in [5.74, 6) is 0.685. The number of para-hydroxylation sites is 1. The summed E-state index contributed by atoms with van der Waals surface area (Å²) in [5, 5.41) is 8.93. The number of fused-ring (bicyclic) bond motifs is 1. The van der Waals surface area contributed by atoms with Gasteiger partial charge in [0.05, 0.1) is 0 Å². The monoisotopic (exact) mass is 349 g/mol. The van der Waals surface area contributed by atoms with E-state index in [0.29, 0.717) is 16.6 Å². The van der Waals surface area contributed by atoms with Crippen molar-refractivity contribution < 1.29 is 9.21 Å². The van der Waals surface area contributed by atoms with E-state index in [1.807, 2.05) is 66.9 Å². The molecule has 0 aliphatic carbocycles. The van der Waals surface area contributed by atoms with E-state index in [9.17, 15) is 4.79 Å². The quantitative estimate of drug-likeness (QED) is 0.512. The Hall–Kier alpha value is -3.12. The zero-order valence-electron chi connectivity index (χ0n) is 13.4. The van der Waals surface area contributed by atoms with Crippen molar-refractivity contribution >= 4 is 39.2 Å². The number of aryl methyl sites for hydroxylation is 1. The molecule has 2 amide bonds. The number of anilines is 2. The molecule has 0 spiro atoms. The van der Waals surface area contributed by atoms with Gasteiger partial charge in [0.1, 0.15) is 11.3 Å². The number of aromatic nitrogens is 1. The predicted molar refractivity (Wildman–Crippen MR) is 101 cm³/mol. The molecule has 0 radical (unpaired) electrons. The normalized spacial score (nSPS) is 10.8. The minimum Gasteiger partial charge on any atom is -0.454 e. The first-order valence-corrected chi connectivity index (χ1v) is 8.64. The number of nitrogens with zero attached hydrogens (tertiary/aromatic N) is 1. The van der Waals surface area contributed by atoms with Gasteiger partial charge in [-0.15, -0.1) is 11.3 Å². The van der Waals surface area contributed by atoms with Crippen molar-refractivity contribution in [3.05, 3.63) is 65.5 Å². The van der Waals surface area contributed by atoms with Crippen molar-refractivity contribution in [2.75, 3.05) is 10.6 Å². The molecule has 0 saturated carbocycles. The molecule has 2 N–H and O–H groups in total. The van der Waals surface area contributed by atoms with Gasteiger partial charge in [0.15, 0.2) is 10.9 Å². The summed E-state index contributed by atoms with van der Waals surface area (Å²) >= 11 is 1.35. The van der Waals surface area contributed by atoms with E-state index >= 15 is 0 Å². The van der Waals surface area contributed by atoms with Gasteiger partial charge in [-0.3, -0.25) is 5.32 Å². The molecular weight excluding hydrogens is 334 g/mol. The lowest BCUT2D eigenvalue weighted by Crippen LogP contribution is -2.19. The van der Waals surface area contributed by atoms with Crippen molar-refractivity contribution in [2.24, 2.45) is 0 Å². The third kappa shape index (κ3) is 3.39. The Morgan fingerprint density at radius 1 is 1.08 bits per heavy atom. The lowest BCUT2D eigenvalue weighted by Gasteiger charge is -2.05. The number of amides is 2. The minimum absolute atomic E-state index is 0.325. The number of carbonyl (C=O) groups excluding carboxylic acids is 1. The van der Waals surface area contributed by atoms with Crippen LogP contribution in [-0.2, 0) is 0 Å². The Labute approximate surface area is 148 Å². The molecule has 5 nitrogen and oxygen atoms in total. The maximum Gasteiger partial charge on any atom is 0.325 e. The molecule has 0 unspecified atom stereocenters. The summed E-state index contributed by atoms with van der Waals surface area (Å²) < 4.78 is 5.80. The van der Waals surface area contributed by atoms with E-state index in [2.05, 4.69) is 15.6 Å². The van der Waals surface area contributed by atoms with Gasteiger partial charge in [-0.2, -0.15) is 0 Å². The molecule has 2 aromatic carbocycles. The van der Waals surface area contributed by atoms with Crippen LogP contribution < -0.4 is 10.6 Å². The van der Waals surface area contributed by atoms with Gasteiger partial charge in [0.25, 0.3) is 0 Å². The molecular formula is C19H15N3O2S. The molecule has 0 bridgehead atoms. The van der Waals surface area contributed by atoms with Crippen molar-refractivity contribution in [3.8, 4) is 11.5 Å². The smallest absolute Gasteiger partial charge is 0.325 e. The number of carbonyl (C=O) groups is 1. The van der Waals surface area contributed by atoms with Gasteiger partial charge in [-0.1, -0.05) is 35.9 Å². The molecule has 4 rings (SSSR count). The zero-order chi connectivity index (χ0) is 17.2. The van der Waals surface area contributed by atoms with Crippen LogP contribution in [-0.4, -0.2) is 11.0 Å². The van der Waals surface area contributed by atoms with Crippen LogP contribution in [0.15, 0.2) is 64.4 Å². The molecule has 4 aromatic rings. The Kier molecular flexibility index (Phi) is 3.95. The van der Waals surface area contributed by atoms with Crippen LogP contribution in [0.25, 0.3) is 22.4 Å². The number of thiazole rings is 1. The Morgan fingerprint density at radius 3 is 2.68 bits per heavy atom. The van der Waals surface area contributed by atoms with E-state index < -0.39 is 0 Å². The number of benzene rings is 2. The molecule has 0 aliphatic heterocycles. The van der Waals surface area contributed by atoms with Gasteiger partial charge in [-0.25, -0.2) is 9.78 Å². The zero-order valence-corrected chi connectivity index (χ0v) is 14.3. The van der Waals surface area contributed by atoms with Crippen LogP contribution in [0, 0.1) is 6.92 Å². The summed E-state index contributed by atoms with van der Waals surface area (Å²) in [6, 6.07) is 17.0. The molecule has 124 valence electrons. The van der Waals surface area contributed by atoms with Gasteiger partial charge in [0, 0.05) is 16.5 Å². The van der Waals surface area contributed by atoms with Crippen LogP contribution in [0.1, 0.15) is 5.56 Å². The van der Waals surface area contributed by atoms with Crippen LogP contribution >= 0.6 is 11.3 Å². The molecule has 6 heteroatoms. The fraction of sp³-hybridized carbons (Fsp3) is 0.0526. The van der Waals surface area contributed by atoms with E-state index in [1.54, 1.807) is 0 Å². The molecule has 0 aliphatic rings. The average Bonchev–Trinajstić information content (AvgIpc) is 3.23. The van der Waals surface area contributed by atoms with E-state index in [4.69, 9.17) is 4.42 Å². The summed E-state index contributed by atoms with van der Waals surface area (Å²) in [7, 11) is 0. The van der Waals surface area contributed by atoms with Crippen LogP contribution in [0.2, 0.25) is 0 Å². The Balaban J connectivity index is 1.47. The summed E-state index contributed by atoms with van der Waals surface area (Å²) in [6.45, 7) is 2.00. The Morgan fingerprint density at radius 2 is 1.88 bits per heavy atom. The highest BCUT2D eigenvalue weighted by atomic mass is 32.1. The number of hydrogen-bond acceptors (Lipinski definition) is 4. The fourth-order valence-electron chi connectivity index (χ4n) is 2.45. The minimum atomic E-state index is -0.325. The van der Waals surface area contributed by atoms with Crippen LogP contribution in [0.5, 0.6) is 0 Å². The highest BCUT2D eigenvalue weighted by molar-refractivity contribution is 7.14. The number of furan rings is 1. The summed E-state index contributed by atoms with van der Waals surface area (Å²) in [5.41, 5.74) is 3.39. The second-order valence-corrected chi connectivity index (χ2v) is 6.49. The molecule has 0 fully saturated rings. The fourth-order valence-corrected chi connectivity index (χ4v) is 3.14. The van der Waals surface area contributed by atoms with Crippen LogP contribution in [0.4, 0.5) is 15.6 Å². The molecule has 0 atom stereocenters.